The number of hydrogen-bond donors (Lipinski definition) is 0. The van der Waals surface area contributed by atoms with Crippen LogP contribution in [-0.2, 0) is 24.4 Å². The van der Waals surface area contributed by atoms with E-state index in [1.807, 2.05) is 44.2 Å². The average Bonchev–Trinajstić information content (AvgIpc) is 2.75. The molecule has 0 radical (unpaired) electrons. The second kappa shape index (κ2) is 8.90. The predicted octanol–water partition coefficient (Wildman–Crippen LogP) is 3.01. The van der Waals surface area contributed by atoms with E-state index in [9.17, 15) is 14.4 Å². The van der Waals surface area contributed by atoms with Gasteiger partial charge in [-0.05, 0) is 38.0 Å². The minimum atomic E-state index is -0.451. The lowest BCUT2D eigenvalue weighted by Crippen LogP contribution is -2.45. The first-order valence-corrected chi connectivity index (χ1v) is 10.0. The lowest BCUT2D eigenvalue weighted by atomic mass is 10.1. The van der Waals surface area contributed by atoms with E-state index in [4.69, 9.17) is 0 Å². The molecule has 0 fully saturated rings. The number of hydrogen-bond acceptors (Lipinski definition) is 3. The number of benzene rings is 2. The Kier molecular flexibility index (Phi) is 6.32. The highest BCUT2D eigenvalue weighted by Crippen LogP contribution is 2.13. The zero-order chi connectivity index (χ0) is 21.0. The van der Waals surface area contributed by atoms with E-state index in [-0.39, 0.29) is 30.6 Å². The predicted molar refractivity (Wildman–Crippen MR) is 115 cm³/mol. The Morgan fingerprint density at radius 1 is 0.966 bits per heavy atom. The topological polar surface area (TPSA) is 64.3 Å². The Labute approximate surface area is 170 Å². The van der Waals surface area contributed by atoms with Crippen LogP contribution in [0, 0.1) is 0 Å². The zero-order valence-corrected chi connectivity index (χ0v) is 17.2. The number of fused-ring (bicyclic) bond motifs is 1. The molecule has 0 saturated carbocycles. The van der Waals surface area contributed by atoms with Crippen LogP contribution < -0.4 is 11.2 Å². The van der Waals surface area contributed by atoms with Crippen LogP contribution >= 0.6 is 0 Å². The second-order valence-corrected chi connectivity index (χ2v) is 7.20. The van der Waals surface area contributed by atoms with E-state index in [1.165, 1.54) is 9.13 Å². The Balaban J connectivity index is 2.03. The van der Waals surface area contributed by atoms with Gasteiger partial charge in [-0.15, -0.1) is 0 Å². The van der Waals surface area contributed by atoms with Crippen LogP contribution in [0.3, 0.4) is 0 Å². The fraction of sp³-hybridized carbons (Fsp3) is 0.348. The average molecular weight is 393 g/mol. The number of nitrogens with zero attached hydrogens (tertiary/aromatic N) is 3. The molecule has 6 heteroatoms. The molecule has 152 valence electrons. The van der Waals surface area contributed by atoms with Crippen molar-refractivity contribution in [1.82, 2.24) is 14.0 Å². The molecule has 1 heterocycles. The maximum atomic E-state index is 13.3. The van der Waals surface area contributed by atoms with Gasteiger partial charge < -0.3 is 4.90 Å². The summed E-state index contributed by atoms with van der Waals surface area (Å²) in [6, 6.07) is 16.8. The van der Waals surface area contributed by atoms with E-state index in [1.54, 1.807) is 36.1 Å². The molecular formula is C23H27N3O3. The zero-order valence-electron chi connectivity index (χ0n) is 17.2. The first kappa shape index (κ1) is 20.6. The third kappa shape index (κ3) is 4.16. The van der Waals surface area contributed by atoms with Crippen LogP contribution in [0.1, 0.15) is 32.8 Å². The van der Waals surface area contributed by atoms with Crippen molar-refractivity contribution < 1.29 is 4.79 Å². The van der Waals surface area contributed by atoms with Gasteiger partial charge in [-0.2, -0.15) is 0 Å². The molecule has 0 spiro atoms. The van der Waals surface area contributed by atoms with Crippen LogP contribution in [0.2, 0.25) is 0 Å². The van der Waals surface area contributed by atoms with Crippen molar-refractivity contribution in [2.75, 3.05) is 0 Å². The summed E-state index contributed by atoms with van der Waals surface area (Å²) in [6.45, 7) is 6.44. The molecule has 2 aromatic carbocycles. The highest BCUT2D eigenvalue weighted by atomic mass is 16.2. The fourth-order valence-electron chi connectivity index (χ4n) is 3.52. The van der Waals surface area contributed by atoms with Crippen LogP contribution in [-0.4, -0.2) is 26.0 Å². The van der Waals surface area contributed by atoms with Gasteiger partial charge in [0.05, 0.1) is 10.9 Å². The van der Waals surface area contributed by atoms with Gasteiger partial charge in [0.25, 0.3) is 5.56 Å². The lowest BCUT2D eigenvalue weighted by molar-refractivity contribution is -0.134. The normalized spacial score (nSPS) is 12.1. The number of rotatable bonds is 7. The first-order valence-electron chi connectivity index (χ1n) is 10.0. The third-order valence-electron chi connectivity index (χ3n) is 5.38. The summed E-state index contributed by atoms with van der Waals surface area (Å²) in [7, 11) is 0. The molecule has 3 aromatic rings. The third-order valence-corrected chi connectivity index (χ3v) is 5.38. The largest absolute Gasteiger partial charge is 0.334 e. The van der Waals surface area contributed by atoms with Crippen molar-refractivity contribution in [3.8, 4) is 0 Å². The lowest BCUT2D eigenvalue weighted by Gasteiger charge is -2.29. The van der Waals surface area contributed by atoms with Crippen molar-refractivity contribution in [2.45, 2.75) is 52.9 Å². The number of aromatic nitrogens is 2. The van der Waals surface area contributed by atoms with E-state index >= 15 is 0 Å². The molecule has 0 aliphatic heterocycles. The van der Waals surface area contributed by atoms with Crippen LogP contribution in [0.5, 0.6) is 0 Å². The Morgan fingerprint density at radius 2 is 1.62 bits per heavy atom. The fourth-order valence-corrected chi connectivity index (χ4v) is 3.52. The molecule has 29 heavy (non-hydrogen) atoms. The van der Waals surface area contributed by atoms with Crippen molar-refractivity contribution in [1.29, 1.82) is 0 Å². The summed E-state index contributed by atoms with van der Waals surface area (Å²) in [4.78, 5) is 40.6. The van der Waals surface area contributed by atoms with Gasteiger partial charge in [-0.25, -0.2) is 4.79 Å². The molecule has 1 unspecified atom stereocenters. The highest BCUT2D eigenvalue weighted by Gasteiger charge is 2.22. The van der Waals surface area contributed by atoms with Crippen LogP contribution in [0.15, 0.2) is 64.2 Å². The van der Waals surface area contributed by atoms with Gasteiger partial charge in [0.2, 0.25) is 5.91 Å². The minimum Gasteiger partial charge on any atom is -0.334 e. The molecule has 0 saturated heterocycles. The van der Waals surface area contributed by atoms with E-state index in [2.05, 4.69) is 0 Å². The van der Waals surface area contributed by atoms with Gasteiger partial charge >= 0.3 is 5.69 Å². The monoisotopic (exact) mass is 393 g/mol. The SMILES string of the molecule is CCC(C)N(Cc1ccccc1)C(=O)Cn1c(=O)n(CC)c(=O)c2ccccc21. The quantitative estimate of drug-likeness (QED) is 0.620. The Bertz CT molecular complexity index is 1120. The van der Waals surface area contributed by atoms with E-state index < -0.39 is 5.69 Å². The van der Waals surface area contributed by atoms with E-state index in [0.717, 1.165) is 12.0 Å². The number of para-hydroxylation sites is 1. The summed E-state index contributed by atoms with van der Waals surface area (Å²) in [5.41, 5.74) is 0.759. The molecule has 6 nitrogen and oxygen atoms in total. The van der Waals surface area contributed by atoms with Gasteiger partial charge in [0.1, 0.15) is 6.54 Å². The van der Waals surface area contributed by atoms with Crippen LogP contribution in [0.4, 0.5) is 0 Å². The second-order valence-electron chi connectivity index (χ2n) is 7.20. The summed E-state index contributed by atoms with van der Waals surface area (Å²) >= 11 is 0. The van der Waals surface area contributed by atoms with Crippen molar-refractivity contribution >= 4 is 16.8 Å². The van der Waals surface area contributed by atoms with Gasteiger partial charge in [0.15, 0.2) is 0 Å². The smallest absolute Gasteiger partial charge is 0.331 e. The maximum Gasteiger partial charge on any atom is 0.331 e. The summed E-state index contributed by atoms with van der Waals surface area (Å²) in [5, 5.41) is 0.444. The number of amides is 1. The van der Waals surface area contributed by atoms with E-state index in [0.29, 0.717) is 17.4 Å². The molecule has 1 atom stereocenters. The Hall–Kier alpha value is -3.15. The van der Waals surface area contributed by atoms with Crippen molar-refractivity contribution in [3.05, 3.63) is 81.0 Å². The van der Waals surface area contributed by atoms with Gasteiger partial charge in [-0.3, -0.25) is 18.7 Å². The van der Waals surface area contributed by atoms with Gasteiger partial charge in [0, 0.05) is 19.1 Å². The summed E-state index contributed by atoms with van der Waals surface area (Å²) < 4.78 is 2.60. The first-order chi connectivity index (χ1) is 14.0. The molecular weight excluding hydrogens is 366 g/mol. The standard InChI is InChI=1S/C23H27N3O3/c1-4-17(3)25(15-18-11-7-6-8-12-18)21(27)16-26-20-14-10-9-13-19(20)22(28)24(5-2)23(26)29/h6-14,17H,4-5,15-16H2,1-3H3. The molecule has 0 N–H and O–H groups in total. The number of carbonyl (C=O) groups excluding carboxylic acids is 1. The molecule has 0 aliphatic rings. The minimum absolute atomic E-state index is 0.0294. The highest BCUT2D eigenvalue weighted by molar-refractivity contribution is 5.81. The molecule has 0 aliphatic carbocycles. The molecule has 1 aromatic heterocycles. The van der Waals surface area contributed by atoms with Crippen LogP contribution in [0.25, 0.3) is 10.9 Å². The molecule has 1 amide bonds. The van der Waals surface area contributed by atoms with Crippen molar-refractivity contribution in [2.24, 2.45) is 0 Å². The Morgan fingerprint density at radius 3 is 2.28 bits per heavy atom. The molecule has 3 rings (SSSR count). The molecule has 0 bridgehead atoms. The van der Waals surface area contributed by atoms with Gasteiger partial charge in [-0.1, -0.05) is 49.4 Å². The summed E-state index contributed by atoms with van der Waals surface area (Å²) in [5.74, 6) is -0.142. The maximum absolute atomic E-state index is 13.3. The van der Waals surface area contributed by atoms with Crippen molar-refractivity contribution in [3.63, 3.8) is 0 Å². The summed E-state index contributed by atoms with van der Waals surface area (Å²) in [6.07, 6.45) is 0.808. The number of carbonyl (C=O) groups is 1.